The number of carbonyl (C=O) groups is 1. The van der Waals surface area contributed by atoms with Crippen molar-refractivity contribution in [2.24, 2.45) is 0 Å². The average molecular weight is 530 g/mol. The van der Waals surface area contributed by atoms with E-state index < -0.39 is 17.5 Å². The first-order valence-electron chi connectivity index (χ1n) is 11.5. The molecule has 4 rings (SSSR count). The summed E-state index contributed by atoms with van der Waals surface area (Å²) in [6, 6.07) is 11.9. The minimum atomic E-state index is -4.64. The van der Waals surface area contributed by atoms with E-state index in [1.807, 2.05) is 39.0 Å². The fourth-order valence-corrected chi connectivity index (χ4v) is 3.85. The molecule has 0 spiro atoms. The number of halogens is 3. The number of alkyl halides is 3. The van der Waals surface area contributed by atoms with Gasteiger partial charge >= 0.3 is 6.18 Å². The van der Waals surface area contributed by atoms with Crippen LogP contribution < -0.4 is 10.8 Å². The third-order valence-electron chi connectivity index (χ3n) is 5.80. The number of nitrogens with one attached hydrogen (secondary N) is 1. The molecule has 2 aromatic heterocycles. The SMILES string of the molecule is CCc1cc(-n2nc(C)cc2Nc2cc(CC(=O)c3cc([NH2+]O)cc(C(F)(F)F)c3)ccc2C)ncn1.O. The number of ketones is 1. The maximum Gasteiger partial charge on any atom is 0.416 e. The molecule has 0 aliphatic heterocycles. The third kappa shape index (κ3) is 6.40. The first-order valence-corrected chi connectivity index (χ1v) is 11.5. The molecule has 0 aliphatic carbocycles. The van der Waals surface area contributed by atoms with Crippen molar-refractivity contribution < 1.29 is 34.1 Å². The van der Waals surface area contributed by atoms with E-state index in [0.717, 1.165) is 35.5 Å². The topological polar surface area (TPSA) is 141 Å². The third-order valence-corrected chi connectivity index (χ3v) is 5.80. The standard InChI is InChI=1S/C26H25F3N6O2.H2O/c1-4-20-13-24(31-14-30-20)35-25(7-16(3)33-35)32-22-8-17(6-5-15(22)2)9-23(36)18-10-19(26(27,28)29)12-21(11-18)34-37;/h5-8,10-14,32,34,37H,4,9H2,1-3H3;1H2/p+1. The van der Waals surface area contributed by atoms with Crippen LogP contribution in [0.5, 0.6) is 0 Å². The zero-order valence-corrected chi connectivity index (χ0v) is 21.0. The Kier molecular flexibility index (Phi) is 8.61. The van der Waals surface area contributed by atoms with Crippen molar-refractivity contribution in [1.29, 1.82) is 0 Å². The van der Waals surface area contributed by atoms with Crippen LogP contribution in [0.25, 0.3) is 5.82 Å². The van der Waals surface area contributed by atoms with Crippen LogP contribution in [0.15, 0.2) is 54.9 Å². The van der Waals surface area contributed by atoms with Gasteiger partial charge in [0.15, 0.2) is 17.3 Å². The molecule has 0 fully saturated rings. The van der Waals surface area contributed by atoms with Crippen molar-refractivity contribution in [3.8, 4) is 5.82 Å². The van der Waals surface area contributed by atoms with E-state index in [1.165, 1.54) is 12.4 Å². The van der Waals surface area contributed by atoms with Crippen LogP contribution in [0.2, 0.25) is 0 Å². The summed E-state index contributed by atoms with van der Waals surface area (Å²) in [6.45, 7) is 5.76. The number of nitrogens with zero attached hydrogens (tertiary/aromatic N) is 4. The van der Waals surface area contributed by atoms with Gasteiger partial charge in [0.1, 0.15) is 12.1 Å². The number of benzene rings is 2. The average Bonchev–Trinajstić information content (AvgIpc) is 3.25. The lowest BCUT2D eigenvalue weighted by Crippen LogP contribution is -2.73. The van der Waals surface area contributed by atoms with Crippen molar-refractivity contribution >= 4 is 23.0 Å². The highest BCUT2D eigenvalue weighted by atomic mass is 19.4. The number of hydrogen-bond acceptors (Lipinski definition) is 6. The van der Waals surface area contributed by atoms with Crippen LogP contribution in [-0.2, 0) is 19.0 Å². The van der Waals surface area contributed by atoms with Gasteiger partial charge in [-0.2, -0.15) is 28.4 Å². The van der Waals surface area contributed by atoms with E-state index >= 15 is 0 Å². The Hall–Kier alpha value is -4.13. The zero-order chi connectivity index (χ0) is 26.7. The van der Waals surface area contributed by atoms with Gasteiger partial charge in [-0.05, 0) is 43.5 Å². The summed E-state index contributed by atoms with van der Waals surface area (Å²) < 4.78 is 41.4. The van der Waals surface area contributed by atoms with E-state index in [4.69, 9.17) is 0 Å². The van der Waals surface area contributed by atoms with Crippen LogP contribution in [-0.4, -0.2) is 36.2 Å². The maximum absolute atomic E-state index is 13.2. The van der Waals surface area contributed by atoms with Crippen LogP contribution in [0.3, 0.4) is 0 Å². The highest BCUT2D eigenvalue weighted by Gasteiger charge is 2.32. The largest absolute Gasteiger partial charge is 0.416 e. The van der Waals surface area contributed by atoms with Gasteiger partial charge in [-0.25, -0.2) is 15.2 Å². The molecule has 0 atom stereocenters. The van der Waals surface area contributed by atoms with Gasteiger partial charge in [0, 0.05) is 47.6 Å². The summed E-state index contributed by atoms with van der Waals surface area (Å²) in [5.41, 5.74) is 3.19. The van der Waals surface area contributed by atoms with Gasteiger partial charge in [-0.15, -0.1) is 0 Å². The predicted molar refractivity (Wildman–Crippen MR) is 134 cm³/mol. The second kappa shape index (κ2) is 11.5. The quantitative estimate of drug-likeness (QED) is 0.180. The molecule has 6 N–H and O–H groups in total. The van der Waals surface area contributed by atoms with Gasteiger partial charge in [0.2, 0.25) is 0 Å². The van der Waals surface area contributed by atoms with Crippen LogP contribution in [0, 0.1) is 13.8 Å². The van der Waals surface area contributed by atoms with E-state index in [9.17, 15) is 23.2 Å². The lowest BCUT2D eigenvalue weighted by molar-refractivity contribution is -0.825. The lowest BCUT2D eigenvalue weighted by Gasteiger charge is -2.13. The highest BCUT2D eigenvalue weighted by molar-refractivity contribution is 5.98. The molecule has 2 heterocycles. The van der Waals surface area contributed by atoms with E-state index in [0.29, 0.717) is 28.4 Å². The van der Waals surface area contributed by atoms with Crippen molar-refractivity contribution in [2.75, 3.05) is 5.32 Å². The van der Waals surface area contributed by atoms with Gasteiger partial charge in [0.05, 0.1) is 11.3 Å². The van der Waals surface area contributed by atoms with Crippen molar-refractivity contribution in [1.82, 2.24) is 19.7 Å². The van der Waals surface area contributed by atoms with Crippen molar-refractivity contribution in [3.63, 3.8) is 0 Å². The number of hydrogen-bond donors (Lipinski definition) is 3. The molecule has 9 nitrogen and oxygen atoms in total. The molecule has 200 valence electrons. The number of Topliss-reactive ketones (excluding diaryl/α,β-unsaturated/α-hetero) is 1. The second-order valence-electron chi connectivity index (χ2n) is 8.65. The molecule has 0 bridgehead atoms. The Morgan fingerprint density at radius 3 is 2.53 bits per heavy atom. The maximum atomic E-state index is 13.2. The molecule has 0 unspecified atom stereocenters. The van der Waals surface area contributed by atoms with Gasteiger partial charge in [-0.3, -0.25) is 4.79 Å². The normalized spacial score (nSPS) is 11.2. The van der Waals surface area contributed by atoms with Crippen LogP contribution in [0.1, 0.15) is 45.4 Å². The van der Waals surface area contributed by atoms with Gasteiger partial charge < -0.3 is 10.8 Å². The summed E-state index contributed by atoms with van der Waals surface area (Å²) in [4.78, 5) is 21.5. The Balaban J connectivity index is 0.00000400. The molecule has 12 heteroatoms. The Morgan fingerprint density at radius 2 is 1.84 bits per heavy atom. The fraction of sp³-hybridized carbons (Fsp3) is 0.231. The second-order valence-corrected chi connectivity index (χ2v) is 8.65. The van der Waals surface area contributed by atoms with Crippen molar-refractivity contribution in [3.05, 3.63) is 88.5 Å². The Morgan fingerprint density at radius 1 is 1.08 bits per heavy atom. The number of nitrogens with two attached hydrogens (primary N) is 1. The monoisotopic (exact) mass is 529 g/mol. The number of aryl methyl sites for hydroxylation is 3. The highest BCUT2D eigenvalue weighted by Crippen LogP contribution is 2.32. The van der Waals surface area contributed by atoms with E-state index in [2.05, 4.69) is 20.4 Å². The van der Waals surface area contributed by atoms with Gasteiger partial charge in [-0.1, -0.05) is 19.1 Å². The van der Waals surface area contributed by atoms with E-state index in [1.54, 1.807) is 16.8 Å². The molecule has 0 saturated carbocycles. The molecular formula is C26H28F3N6O3+. The number of anilines is 2. The number of carbonyl (C=O) groups excluding carboxylic acids is 1. The summed E-state index contributed by atoms with van der Waals surface area (Å²) in [5.74, 6) is 0.760. The summed E-state index contributed by atoms with van der Waals surface area (Å²) in [6.07, 6.45) is -2.53. The minimum Gasteiger partial charge on any atom is -0.412 e. The van der Waals surface area contributed by atoms with E-state index in [-0.39, 0.29) is 23.1 Å². The predicted octanol–water partition coefficient (Wildman–Crippen LogP) is 3.79. The minimum absolute atomic E-state index is 0. The fourth-order valence-electron chi connectivity index (χ4n) is 3.85. The van der Waals surface area contributed by atoms with Gasteiger partial charge in [0.25, 0.3) is 0 Å². The zero-order valence-electron chi connectivity index (χ0n) is 21.0. The van der Waals surface area contributed by atoms with Crippen LogP contribution >= 0.6 is 0 Å². The van der Waals surface area contributed by atoms with Crippen molar-refractivity contribution in [2.45, 2.75) is 39.8 Å². The summed E-state index contributed by atoms with van der Waals surface area (Å²) >= 11 is 0. The number of quaternary nitrogens is 1. The summed E-state index contributed by atoms with van der Waals surface area (Å²) in [5, 5.41) is 17.1. The molecule has 38 heavy (non-hydrogen) atoms. The number of rotatable bonds is 8. The Labute approximate surface area is 216 Å². The molecule has 4 aromatic rings. The lowest BCUT2D eigenvalue weighted by atomic mass is 9.99. The first-order chi connectivity index (χ1) is 17.6. The summed E-state index contributed by atoms with van der Waals surface area (Å²) in [7, 11) is 0. The molecule has 0 aliphatic rings. The molecular weight excluding hydrogens is 501 g/mol. The smallest absolute Gasteiger partial charge is 0.412 e. The molecule has 0 saturated heterocycles. The first kappa shape index (κ1) is 28.4. The molecule has 0 amide bonds. The Bertz CT molecular complexity index is 1450. The number of aromatic nitrogens is 4. The molecule has 2 aromatic carbocycles. The van der Waals surface area contributed by atoms with Crippen LogP contribution in [0.4, 0.5) is 30.4 Å². The molecule has 0 radical (unpaired) electrons.